The molecule has 2 aliphatic heterocycles. The van der Waals surface area contributed by atoms with E-state index in [-0.39, 0.29) is 23.6 Å². The summed E-state index contributed by atoms with van der Waals surface area (Å²) in [7, 11) is 0. The van der Waals surface area contributed by atoms with Crippen LogP contribution in [0.3, 0.4) is 0 Å². The highest BCUT2D eigenvalue weighted by molar-refractivity contribution is 5.83. The molecule has 0 aliphatic carbocycles. The van der Waals surface area contributed by atoms with E-state index < -0.39 is 11.6 Å². The maximum atomic E-state index is 14.3. The highest BCUT2D eigenvalue weighted by atomic mass is 19.1. The Bertz CT molecular complexity index is 513. The molecule has 2 bridgehead atoms. The first kappa shape index (κ1) is 12.6. The topological polar surface area (TPSA) is 20.3 Å². The minimum atomic E-state index is -0.519. The Hall–Kier alpha value is -1.45. The first-order valence-corrected chi connectivity index (χ1v) is 6.82. The number of hydrogen-bond donors (Lipinski definition) is 0. The van der Waals surface area contributed by atoms with Crippen LogP contribution in [-0.2, 0) is 4.79 Å². The van der Waals surface area contributed by atoms with Gasteiger partial charge in [0.25, 0.3) is 0 Å². The molecule has 2 aliphatic rings. The van der Waals surface area contributed by atoms with Gasteiger partial charge in [-0.25, -0.2) is 8.78 Å². The second kappa shape index (κ2) is 4.58. The van der Waals surface area contributed by atoms with E-state index in [4.69, 9.17) is 0 Å². The van der Waals surface area contributed by atoms with Crippen molar-refractivity contribution in [3.05, 3.63) is 29.3 Å². The van der Waals surface area contributed by atoms with Crippen LogP contribution < -0.4 is 4.90 Å². The minimum Gasteiger partial charge on any atom is -0.360 e. The van der Waals surface area contributed by atoms with Crippen molar-refractivity contribution in [1.29, 1.82) is 0 Å². The lowest BCUT2D eigenvalue weighted by molar-refractivity contribution is -0.121. The standard InChI is InChI=1S/C15H17F2NO/c1-9-5-6-13(16)15(14(9)17)18-10-3-2-4-11(18)8-12(19)7-10/h5-6,10-11H,2-4,7-8H2,1H3. The number of nitrogens with zero attached hydrogens (tertiary/aromatic N) is 1. The number of piperidine rings is 2. The van der Waals surface area contributed by atoms with E-state index in [0.717, 1.165) is 19.3 Å². The van der Waals surface area contributed by atoms with E-state index in [9.17, 15) is 13.6 Å². The molecule has 2 nitrogen and oxygen atoms in total. The van der Waals surface area contributed by atoms with Gasteiger partial charge in [0.05, 0.1) is 0 Å². The van der Waals surface area contributed by atoms with Crippen LogP contribution in [0.15, 0.2) is 12.1 Å². The van der Waals surface area contributed by atoms with E-state index in [1.807, 2.05) is 4.90 Å². The second-order valence-corrected chi connectivity index (χ2v) is 5.62. The summed E-state index contributed by atoms with van der Waals surface area (Å²) in [6.45, 7) is 1.64. The zero-order valence-electron chi connectivity index (χ0n) is 11.0. The van der Waals surface area contributed by atoms with Gasteiger partial charge in [-0.05, 0) is 37.8 Å². The summed E-state index contributed by atoms with van der Waals surface area (Å²) in [5.41, 5.74) is 0.522. The Labute approximate surface area is 111 Å². The van der Waals surface area contributed by atoms with Gasteiger partial charge in [-0.1, -0.05) is 6.07 Å². The molecular weight excluding hydrogens is 248 g/mol. The third kappa shape index (κ3) is 2.03. The molecule has 0 spiro atoms. The van der Waals surface area contributed by atoms with Crippen molar-refractivity contribution in [3.8, 4) is 0 Å². The van der Waals surface area contributed by atoms with Gasteiger partial charge >= 0.3 is 0 Å². The fourth-order valence-corrected chi connectivity index (χ4v) is 3.42. The van der Waals surface area contributed by atoms with Crippen molar-refractivity contribution in [1.82, 2.24) is 0 Å². The highest BCUT2D eigenvalue weighted by Gasteiger charge is 2.39. The Morgan fingerprint density at radius 2 is 1.79 bits per heavy atom. The summed E-state index contributed by atoms with van der Waals surface area (Å²) < 4.78 is 28.3. The number of Topliss-reactive ketones (excluding diaryl/α,β-unsaturated/α-hetero) is 1. The quantitative estimate of drug-likeness (QED) is 0.776. The molecular formula is C15H17F2NO. The van der Waals surface area contributed by atoms with Gasteiger partial charge in [-0.15, -0.1) is 0 Å². The number of benzene rings is 1. The fourth-order valence-electron chi connectivity index (χ4n) is 3.42. The molecule has 2 unspecified atom stereocenters. The third-order valence-electron chi connectivity index (χ3n) is 4.31. The Kier molecular flexibility index (Phi) is 3.03. The molecule has 0 aromatic heterocycles. The summed E-state index contributed by atoms with van der Waals surface area (Å²) in [5.74, 6) is -0.778. The maximum absolute atomic E-state index is 14.3. The number of rotatable bonds is 1. The molecule has 2 fully saturated rings. The number of fused-ring (bicyclic) bond motifs is 2. The van der Waals surface area contributed by atoms with Crippen LogP contribution in [0.4, 0.5) is 14.5 Å². The molecule has 3 rings (SSSR count). The predicted molar refractivity (Wildman–Crippen MR) is 69.2 cm³/mol. The minimum absolute atomic E-state index is 0.0363. The molecule has 0 N–H and O–H groups in total. The first-order chi connectivity index (χ1) is 9.08. The molecule has 2 heterocycles. The maximum Gasteiger partial charge on any atom is 0.152 e. The average Bonchev–Trinajstić information content (AvgIpc) is 2.35. The zero-order valence-corrected chi connectivity index (χ0v) is 11.0. The summed E-state index contributed by atoms with van der Waals surface area (Å²) in [6, 6.07) is 2.70. The van der Waals surface area contributed by atoms with E-state index in [2.05, 4.69) is 0 Å². The summed E-state index contributed by atoms with van der Waals surface area (Å²) >= 11 is 0. The van der Waals surface area contributed by atoms with Gasteiger partial charge < -0.3 is 4.90 Å². The lowest BCUT2D eigenvalue weighted by atomic mass is 9.83. The first-order valence-electron chi connectivity index (χ1n) is 6.82. The van der Waals surface area contributed by atoms with Crippen LogP contribution in [0, 0.1) is 18.6 Å². The number of halogens is 2. The van der Waals surface area contributed by atoms with Crippen molar-refractivity contribution in [2.75, 3.05) is 4.90 Å². The van der Waals surface area contributed by atoms with Gasteiger partial charge in [-0.3, -0.25) is 4.79 Å². The molecule has 0 saturated carbocycles. The van der Waals surface area contributed by atoms with Crippen LogP contribution in [0.5, 0.6) is 0 Å². The van der Waals surface area contributed by atoms with Crippen LogP contribution in [0.25, 0.3) is 0 Å². The molecule has 4 heteroatoms. The lowest BCUT2D eigenvalue weighted by Gasteiger charge is -2.47. The number of hydrogen-bond acceptors (Lipinski definition) is 2. The highest BCUT2D eigenvalue weighted by Crippen LogP contribution is 2.39. The SMILES string of the molecule is Cc1ccc(F)c(N2C3CCCC2CC(=O)C3)c1F. The van der Waals surface area contributed by atoms with E-state index >= 15 is 0 Å². The van der Waals surface area contributed by atoms with Crippen molar-refractivity contribution in [2.24, 2.45) is 0 Å². The van der Waals surface area contributed by atoms with Crippen molar-refractivity contribution in [3.63, 3.8) is 0 Å². The number of ketones is 1. The normalized spacial score (nSPS) is 26.7. The number of carbonyl (C=O) groups is 1. The second-order valence-electron chi connectivity index (χ2n) is 5.62. The van der Waals surface area contributed by atoms with Crippen LogP contribution in [0.1, 0.15) is 37.7 Å². The molecule has 102 valence electrons. The zero-order chi connectivity index (χ0) is 13.6. The Morgan fingerprint density at radius 3 is 2.42 bits per heavy atom. The van der Waals surface area contributed by atoms with Crippen molar-refractivity contribution in [2.45, 2.75) is 51.1 Å². The Morgan fingerprint density at radius 1 is 1.16 bits per heavy atom. The molecule has 1 aromatic carbocycles. The Balaban J connectivity index is 2.06. The molecule has 19 heavy (non-hydrogen) atoms. The summed E-state index contributed by atoms with van der Waals surface area (Å²) in [6.07, 6.45) is 3.56. The number of anilines is 1. The lowest BCUT2D eigenvalue weighted by Crippen LogP contribution is -2.53. The van der Waals surface area contributed by atoms with Gasteiger partial charge in [0.1, 0.15) is 17.3 Å². The summed E-state index contributed by atoms with van der Waals surface area (Å²) in [4.78, 5) is 13.5. The van der Waals surface area contributed by atoms with E-state index in [1.54, 1.807) is 6.92 Å². The molecule has 1 aromatic rings. The van der Waals surface area contributed by atoms with Gasteiger partial charge in [0.15, 0.2) is 5.82 Å². The molecule has 2 atom stereocenters. The molecule has 0 radical (unpaired) electrons. The smallest absolute Gasteiger partial charge is 0.152 e. The van der Waals surface area contributed by atoms with Crippen molar-refractivity contribution < 1.29 is 13.6 Å². The van der Waals surface area contributed by atoms with Crippen molar-refractivity contribution >= 4 is 11.5 Å². The number of aryl methyl sites for hydroxylation is 1. The van der Waals surface area contributed by atoms with Crippen LogP contribution in [0.2, 0.25) is 0 Å². The van der Waals surface area contributed by atoms with Gasteiger partial charge in [0.2, 0.25) is 0 Å². The summed E-state index contributed by atoms with van der Waals surface area (Å²) in [5, 5.41) is 0. The van der Waals surface area contributed by atoms with Crippen LogP contribution in [-0.4, -0.2) is 17.9 Å². The van der Waals surface area contributed by atoms with Gasteiger partial charge in [-0.2, -0.15) is 0 Å². The van der Waals surface area contributed by atoms with E-state index in [0.29, 0.717) is 18.4 Å². The van der Waals surface area contributed by atoms with Gasteiger partial charge in [0, 0.05) is 24.9 Å². The number of carbonyl (C=O) groups excluding carboxylic acids is 1. The predicted octanol–water partition coefficient (Wildman–Crippen LogP) is 3.36. The average molecular weight is 265 g/mol. The largest absolute Gasteiger partial charge is 0.360 e. The van der Waals surface area contributed by atoms with E-state index in [1.165, 1.54) is 12.1 Å². The fraction of sp³-hybridized carbons (Fsp3) is 0.533. The van der Waals surface area contributed by atoms with Crippen LogP contribution >= 0.6 is 0 Å². The monoisotopic (exact) mass is 265 g/mol. The molecule has 2 saturated heterocycles. The third-order valence-corrected chi connectivity index (χ3v) is 4.31. The molecule has 0 amide bonds.